The van der Waals surface area contributed by atoms with Crippen LogP contribution in [0.5, 0.6) is 5.75 Å². The smallest absolute Gasteiger partial charge is 0.148 e. The van der Waals surface area contributed by atoms with Gasteiger partial charge in [0.2, 0.25) is 0 Å². The van der Waals surface area contributed by atoms with Crippen LogP contribution >= 0.6 is 11.6 Å². The fourth-order valence-electron chi connectivity index (χ4n) is 4.81. The third-order valence-electron chi connectivity index (χ3n) is 7.30. The van der Waals surface area contributed by atoms with Gasteiger partial charge in [-0.3, -0.25) is 4.90 Å². The van der Waals surface area contributed by atoms with Gasteiger partial charge in [0.1, 0.15) is 51.7 Å². The Kier molecular flexibility index (Phi) is 9.53. The van der Waals surface area contributed by atoms with Gasteiger partial charge >= 0.3 is 0 Å². The molecular formula is C33H34ClFN4O4S. The van der Waals surface area contributed by atoms with E-state index in [4.69, 9.17) is 20.8 Å². The number of anilines is 2. The molecule has 0 radical (unpaired) electrons. The average Bonchev–Trinajstić information content (AvgIpc) is 3.46. The SMILES string of the molecule is CC(C)N(CCS(C)(=O)=O)Cc1ccc(-c2ccc3ncnc(N(C)c4ccc(OCc5cccc(F)c5)c(Cl)c4)c3c2)o1. The van der Waals surface area contributed by atoms with E-state index in [0.717, 1.165) is 27.9 Å². The highest BCUT2D eigenvalue weighted by molar-refractivity contribution is 7.90. The Morgan fingerprint density at radius 1 is 1.02 bits per heavy atom. The fraction of sp³-hybridized carbons (Fsp3) is 0.273. The predicted molar refractivity (Wildman–Crippen MR) is 173 cm³/mol. The van der Waals surface area contributed by atoms with Gasteiger partial charge in [0.15, 0.2) is 0 Å². The van der Waals surface area contributed by atoms with Crippen molar-refractivity contribution in [2.45, 2.75) is 33.0 Å². The largest absolute Gasteiger partial charge is 0.487 e. The van der Waals surface area contributed by atoms with E-state index in [2.05, 4.69) is 14.9 Å². The maximum atomic E-state index is 13.5. The van der Waals surface area contributed by atoms with Gasteiger partial charge in [0.05, 0.1) is 22.8 Å². The third kappa shape index (κ3) is 7.74. The van der Waals surface area contributed by atoms with E-state index in [1.54, 1.807) is 24.3 Å². The van der Waals surface area contributed by atoms with Gasteiger partial charge in [0.25, 0.3) is 0 Å². The van der Waals surface area contributed by atoms with Crippen LogP contribution in [0.2, 0.25) is 5.02 Å². The standard InChI is InChI=1S/C33H34ClFN4O4S/c1-22(2)39(14-15-44(4,40)41)19-27-10-13-31(43-27)24-8-11-30-28(17-24)33(37-21-36-30)38(3)26-9-12-32(29(34)18-26)42-20-23-6-5-7-25(35)16-23/h5-13,16-18,21-22H,14-15,19-20H2,1-4H3. The number of fused-ring (bicyclic) bond motifs is 1. The van der Waals surface area contributed by atoms with Crippen molar-refractivity contribution in [3.05, 3.63) is 101 Å². The van der Waals surface area contributed by atoms with Crippen molar-refractivity contribution in [2.75, 3.05) is 30.5 Å². The predicted octanol–water partition coefficient (Wildman–Crippen LogP) is 7.28. The van der Waals surface area contributed by atoms with Crippen LogP contribution in [0.1, 0.15) is 25.2 Å². The first-order valence-corrected chi connectivity index (χ1v) is 16.6. The van der Waals surface area contributed by atoms with Gasteiger partial charge in [0, 0.05) is 42.5 Å². The molecule has 2 heterocycles. The van der Waals surface area contributed by atoms with Gasteiger partial charge < -0.3 is 14.1 Å². The van der Waals surface area contributed by atoms with Crippen LogP contribution in [0.25, 0.3) is 22.2 Å². The molecule has 0 amide bonds. The Balaban J connectivity index is 1.35. The molecule has 5 aromatic rings. The lowest BCUT2D eigenvalue weighted by Gasteiger charge is -2.24. The van der Waals surface area contributed by atoms with Crippen LogP contribution in [-0.2, 0) is 23.0 Å². The molecule has 0 aliphatic heterocycles. The van der Waals surface area contributed by atoms with Crippen molar-refractivity contribution in [1.82, 2.24) is 14.9 Å². The van der Waals surface area contributed by atoms with Crippen molar-refractivity contribution in [3.8, 4) is 17.1 Å². The minimum atomic E-state index is -3.07. The molecule has 3 aromatic carbocycles. The molecule has 0 fully saturated rings. The second-order valence-corrected chi connectivity index (χ2v) is 13.6. The third-order valence-corrected chi connectivity index (χ3v) is 8.52. The molecule has 44 heavy (non-hydrogen) atoms. The molecule has 0 saturated heterocycles. The van der Waals surface area contributed by atoms with E-state index in [1.165, 1.54) is 24.7 Å². The number of sulfone groups is 1. The van der Waals surface area contributed by atoms with Crippen LogP contribution in [0.4, 0.5) is 15.9 Å². The summed E-state index contributed by atoms with van der Waals surface area (Å²) in [4.78, 5) is 13.0. The Labute approximate surface area is 262 Å². The summed E-state index contributed by atoms with van der Waals surface area (Å²) in [5.41, 5.74) is 3.13. The van der Waals surface area contributed by atoms with Gasteiger partial charge in [-0.05, 0) is 80.1 Å². The van der Waals surface area contributed by atoms with Crippen LogP contribution in [0, 0.1) is 5.82 Å². The van der Waals surface area contributed by atoms with E-state index >= 15 is 0 Å². The lowest BCUT2D eigenvalue weighted by molar-refractivity contribution is 0.209. The maximum Gasteiger partial charge on any atom is 0.148 e. The molecule has 8 nitrogen and oxygen atoms in total. The van der Waals surface area contributed by atoms with Crippen LogP contribution in [-0.4, -0.2) is 54.9 Å². The fourth-order valence-corrected chi connectivity index (χ4v) is 5.61. The Hall–Kier alpha value is -3.99. The van der Waals surface area contributed by atoms with Crippen LogP contribution in [0.15, 0.2) is 83.5 Å². The molecule has 230 valence electrons. The number of benzene rings is 3. The molecule has 11 heteroatoms. The molecule has 0 bridgehead atoms. The van der Waals surface area contributed by atoms with Gasteiger partial charge in [-0.25, -0.2) is 22.8 Å². The van der Waals surface area contributed by atoms with Gasteiger partial charge in [-0.2, -0.15) is 0 Å². The topological polar surface area (TPSA) is 88.8 Å². The number of rotatable bonds is 12. The first kappa shape index (κ1) is 31.4. The lowest BCUT2D eigenvalue weighted by Crippen LogP contribution is -2.34. The van der Waals surface area contributed by atoms with E-state index in [1.807, 2.05) is 62.2 Å². The zero-order valence-electron chi connectivity index (χ0n) is 25.0. The van der Waals surface area contributed by atoms with Crippen LogP contribution < -0.4 is 9.64 Å². The number of furan rings is 1. The first-order valence-electron chi connectivity index (χ1n) is 14.1. The summed E-state index contributed by atoms with van der Waals surface area (Å²) in [5, 5.41) is 1.24. The zero-order valence-corrected chi connectivity index (χ0v) is 26.6. The lowest BCUT2D eigenvalue weighted by atomic mass is 10.1. The quantitative estimate of drug-likeness (QED) is 0.141. The number of ether oxygens (including phenoxy) is 1. The monoisotopic (exact) mass is 636 g/mol. The van der Waals surface area contributed by atoms with Crippen molar-refractivity contribution in [2.24, 2.45) is 0 Å². The Morgan fingerprint density at radius 2 is 1.84 bits per heavy atom. The Bertz CT molecular complexity index is 1880. The summed E-state index contributed by atoms with van der Waals surface area (Å²) in [7, 11) is -1.17. The molecule has 0 N–H and O–H groups in total. The second-order valence-electron chi connectivity index (χ2n) is 11.0. The zero-order chi connectivity index (χ0) is 31.4. The summed E-state index contributed by atoms with van der Waals surface area (Å²) in [6, 6.07) is 21.6. The minimum Gasteiger partial charge on any atom is -0.487 e. The summed E-state index contributed by atoms with van der Waals surface area (Å²) in [6.07, 6.45) is 2.77. The summed E-state index contributed by atoms with van der Waals surface area (Å²) >= 11 is 6.58. The Morgan fingerprint density at radius 3 is 2.57 bits per heavy atom. The maximum absolute atomic E-state index is 13.5. The molecule has 0 atom stereocenters. The van der Waals surface area contributed by atoms with Gasteiger partial charge in [-0.15, -0.1) is 0 Å². The number of aromatic nitrogens is 2. The minimum absolute atomic E-state index is 0.0928. The molecular weight excluding hydrogens is 603 g/mol. The molecule has 0 saturated carbocycles. The van der Waals surface area contributed by atoms with Crippen molar-refractivity contribution in [3.63, 3.8) is 0 Å². The number of halogens is 2. The molecule has 0 aliphatic carbocycles. The molecule has 0 unspecified atom stereocenters. The highest BCUT2D eigenvalue weighted by atomic mass is 35.5. The number of hydrogen-bond acceptors (Lipinski definition) is 8. The van der Waals surface area contributed by atoms with Crippen molar-refractivity contribution < 1.29 is 22.0 Å². The summed E-state index contributed by atoms with van der Waals surface area (Å²) < 4.78 is 49.0. The number of nitrogens with zero attached hydrogens (tertiary/aromatic N) is 4. The van der Waals surface area contributed by atoms with Crippen LogP contribution in [0.3, 0.4) is 0 Å². The van der Waals surface area contributed by atoms with E-state index < -0.39 is 9.84 Å². The van der Waals surface area contributed by atoms with E-state index in [-0.39, 0.29) is 24.2 Å². The highest BCUT2D eigenvalue weighted by Crippen LogP contribution is 2.35. The second kappa shape index (κ2) is 13.3. The molecule has 0 aliphatic rings. The molecule has 2 aromatic heterocycles. The molecule has 0 spiro atoms. The summed E-state index contributed by atoms with van der Waals surface area (Å²) in [5.74, 6) is 2.38. The van der Waals surface area contributed by atoms with Gasteiger partial charge in [-0.1, -0.05) is 23.7 Å². The number of hydrogen-bond donors (Lipinski definition) is 0. The average molecular weight is 637 g/mol. The van der Waals surface area contributed by atoms with Crippen molar-refractivity contribution >= 4 is 43.8 Å². The molecule has 5 rings (SSSR count). The van der Waals surface area contributed by atoms with E-state index in [0.29, 0.717) is 41.0 Å². The van der Waals surface area contributed by atoms with Crippen molar-refractivity contribution in [1.29, 1.82) is 0 Å². The highest BCUT2D eigenvalue weighted by Gasteiger charge is 2.17. The van der Waals surface area contributed by atoms with E-state index in [9.17, 15) is 12.8 Å². The normalized spacial score (nSPS) is 11.9. The summed E-state index contributed by atoms with van der Waals surface area (Å²) in [6.45, 7) is 5.19. The first-order chi connectivity index (χ1) is 21.0.